The van der Waals surface area contributed by atoms with Crippen molar-refractivity contribution in [3.05, 3.63) is 151 Å². The SMILES string of the molecule is N#Cc1ccc(-c2c3ccccc3c(-c3ccc4c(c3)c3ccccc3n4-c3ccccc3)c3ccccc23)cc1. The van der Waals surface area contributed by atoms with Crippen molar-refractivity contribution in [3.63, 3.8) is 0 Å². The lowest BCUT2D eigenvalue weighted by Gasteiger charge is -2.18. The first-order valence-corrected chi connectivity index (χ1v) is 13.8. The summed E-state index contributed by atoms with van der Waals surface area (Å²) in [5.74, 6) is 0. The Bertz CT molecular complexity index is 2240. The fourth-order valence-electron chi connectivity index (χ4n) is 6.45. The molecule has 0 saturated heterocycles. The summed E-state index contributed by atoms with van der Waals surface area (Å²) >= 11 is 0. The quantitative estimate of drug-likeness (QED) is 0.213. The van der Waals surface area contributed by atoms with Crippen LogP contribution in [0.2, 0.25) is 0 Å². The minimum Gasteiger partial charge on any atom is -0.309 e. The summed E-state index contributed by atoms with van der Waals surface area (Å²) in [4.78, 5) is 0. The number of fused-ring (bicyclic) bond motifs is 5. The van der Waals surface area contributed by atoms with Gasteiger partial charge in [-0.15, -0.1) is 0 Å². The number of para-hydroxylation sites is 2. The van der Waals surface area contributed by atoms with Gasteiger partial charge >= 0.3 is 0 Å². The third-order valence-electron chi connectivity index (χ3n) is 8.21. The molecule has 1 aromatic heterocycles. The van der Waals surface area contributed by atoms with Crippen molar-refractivity contribution in [3.8, 4) is 34.0 Å². The summed E-state index contributed by atoms with van der Waals surface area (Å²) in [6.07, 6.45) is 0. The van der Waals surface area contributed by atoms with Crippen LogP contribution in [-0.2, 0) is 0 Å². The van der Waals surface area contributed by atoms with Crippen LogP contribution in [0.5, 0.6) is 0 Å². The molecule has 2 heteroatoms. The van der Waals surface area contributed by atoms with E-state index >= 15 is 0 Å². The predicted octanol–water partition coefficient (Wildman–Crippen LogP) is 10.3. The first-order chi connectivity index (χ1) is 20.3. The summed E-state index contributed by atoms with van der Waals surface area (Å²) in [6, 6.07) is 53.8. The zero-order chi connectivity index (χ0) is 27.3. The third-order valence-corrected chi connectivity index (χ3v) is 8.21. The number of aromatic nitrogens is 1. The van der Waals surface area contributed by atoms with Crippen LogP contribution < -0.4 is 0 Å². The zero-order valence-corrected chi connectivity index (χ0v) is 22.3. The maximum Gasteiger partial charge on any atom is 0.0991 e. The smallest absolute Gasteiger partial charge is 0.0991 e. The molecule has 0 bridgehead atoms. The van der Waals surface area contributed by atoms with Crippen molar-refractivity contribution in [1.29, 1.82) is 5.26 Å². The zero-order valence-electron chi connectivity index (χ0n) is 22.3. The molecule has 7 aromatic carbocycles. The number of hydrogen-bond acceptors (Lipinski definition) is 1. The molecule has 0 aliphatic rings. The van der Waals surface area contributed by atoms with E-state index in [1.54, 1.807) is 0 Å². The van der Waals surface area contributed by atoms with Crippen LogP contribution in [0.4, 0.5) is 0 Å². The Labute approximate surface area is 238 Å². The average Bonchev–Trinajstić information content (AvgIpc) is 3.38. The van der Waals surface area contributed by atoms with Gasteiger partial charge < -0.3 is 4.57 Å². The van der Waals surface area contributed by atoms with Crippen LogP contribution in [-0.4, -0.2) is 4.57 Å². The van der Waals surface area contributed by atoms with Gasteiger partial charge in [-0.1, -0.05) is 103 Å². The Balaban J connectivity index is 1.46. The van der Waals surface area contributed by atoms with E-state index in [9.17, 15) is 5.26 Å². The highest BCUT2D eigenvalue weighted by Crippen LogP contribution is 2.45. The van der Waals surface area contributed by atoms with Gasteiger partial charge in [0, 0.05) is 16.5 Å². The van der Waals surface area contributed by atoms with Crippen molar-refractivity contribution >= 4 is 43.4 Å². The van der Waals surface area contributed by atoms with Gasteiger partial charge in [0.2, 0.25) is 0 Å². The van der Waals surface area contributed by atoms with Crippen LogP contribution >= 0.6 is 0 Å². The molecule has 0 aliphatic carbocycles. The Hall–Kier alpha value is -5.65. The normalized spacial score (nSPS) is 11.4. The Morgan fingerprint density at radius 3 is 1.51 bits per heavy atom. The van der Waals surface area contributed by atoms with Crippen molar-refractivity contribution in [2.45, 2.75) is 0 Å². The number of nitrogens with zero attached hydrogens (tertiary/aromatic N) is 2. The summed E-state index contributed by atoms with van der Waals surface area (Å²) in [5.41, 5.74) is 8.99. The second-order valence-electron chi connectivity index (χ2n) is 10.5. The summed E-state index contributed by atoms with van der Waals surface area (Å²) in [5, 5.41) is 16.7. The van der Waals surface area contributed by atoms with E-state index in [1.807, 2.05) is 12.1 Å². The van der Waals surface area contributed by atoms with Crippen LogP contribution in [0.15, 0.2) is 146 Å². The van der Waals surface area contributed by atoms with E-state index in [2.05, 4.69) is 144 Å². The van der Waals surface area contributed by atoms with Gasteiger partial charge in [-0.2, -0.15) is 5.26 Å². The number of rotatable bonds is 3. The molecule has 0 atom stereocenters. The molecule has 0 spiro atoms. The van der Waals surface area contributed by atoms with Gasteiger partial charge in [-0.3, -0.25) is 0 Å². The molecule has 41 heavy (non-hydrogen) atoms. The molecule has 1 heterocycles. The fourth-order valence-corrected chi connectivity index (χ4v) is 6.45. The van der Waals surface area contributed by atoms with E-state index in [0.717, 1.165) is 11.3 Å². The minimum absolute atomic E-state index is 0.668. The lowest BCUT2D eigenvalue weighted by molar-refractivity contribution is 1.18. The highest BCUT2D eigenvalue weighted by atomic mass is 15.0. The standard InChI is InChI=1S/C39H24N2/c40-25-26-18-20-27(21-19-26)38-31-13-4-6-15-33(31)39(34-16-7-5-14-32(34)38)28-22-23-37-35(24-28)30-12-8-9-17-36(30)41(37)29-10-2-1-3-11-29/h1-24H. The predicted molar refractivity (Wildman–Crippen MR) is 171 cm³/mol. The number of benzene rings is 7. The Kier molecular flexibility index (Phi) is 5.23. The highest BCUT2D eigenvalue weighted by molar-refractivity contribution is 6.22. The lowest BCUT2D eigenvalue weighted by atomic mass is 9.85. The van der Waals surface area contributed by atoms with E-state index in [0.29, 0.717) is 5.56 Å². The van der Waals surface area contributed by atoms with Crippen molar-refractivity contribution in [2.24, 2.45) is 0 Å². The maximum atomic E-state index is 9.36. The van der Waals surface area contributed by atoms with Crippen molar-refractivity contribution in [1.82, 2.24) is 4.57 Å². The average molecular weight is 521 g/mol. The van der Waals surface area contributed by atoms with E-state index in [4.69, 9.17) is 0 Å². The largest absolute Gasteiger partial charge is 0.309 e. The summed E-state index contributed by atoms with van der Waals surface area (Å²) in [7, 11) is 0. The van der Waals surface area contributed by atoms with Gasteiger partial charge in [-0.25, -0.2) is 0 Å². The second kappa shape index (κ2) is 9.23. The Morgan fingerprint density at radius 1 is 0.415 bits per heavy atom. The first-order valence-electron chi connectivity index (χ1n) is 13.8. The van der Waals surface area contributed by atoms with Crippen molar-refractivity contribution in [2.75, 3.05) is 0 Å². The van der Waals surface area contributed by atoms with Crippen LogP contribution in [0.25, 0.3) is 71.3 Å². The Morgan fingerprint density at radius 2 is 0.902 bits per heavy atom. The maximum absolute atomic E-state index is 9.36. The molecule has 0 N–H and O–H groups in total. The number of hydrogen-bond donors (Lipinski definition) is 0. The van der Waals surface area contributed by atoms with Crippen LogP contribution in [0.1, 0.15) is 5.56 Å². The molecular weight excluding hydrogens is 496 g/mol. The van der Waals surface area contributed by atoms with Crippen molar-refractivity contribution < 1.29 is 0 Å². The number of nitriles is 1. The molecular formula is C39H24N2. The third kappa shape index (κ3) is 3.57. The molecule has 8 aromatic rings. The molecule has 0 fully saturated rings. The molecule has 0 radical (unpaired) electrons. The minimum atomic E-state index is 0.668. The van der Waals surface area contributed by atoms with Crippen LogP contribution in [0, 0.1) is 11.3 Å². The molecule has 2 nitrogen and oxygen atoms in total. The molecule has 0 aliphatic heterocycles. The highest BCUT2D eigenvalue weighted by Gasteiger charge is 2.18. The first kappa shape index (κ1) is 23.3. The molecule has 0 saturated carbocycles. The monoisotopic (exact) mass is 520 g/mol. The topological polar surface area (TPSA) is 28.7 Å². The van der Waals surface area contributed by atoms with Gasteiger partial charge in [0.15, 0.2) is 0 Å². The lowest BCUT2D eigenvalue weighted by Crippen LogP contribution is -1.93. The molecule has 0 unspecified atom stereocenters. The van der Waals surface area contributed by atoms with Crippen LogP contribution in [0.3, 0.4) is 0 Å². The van der Waals surface area contributed by atoms with Gasteiger partial charge in [0.1, 0.15) is 0 Å². The van der Waals surface area contributed by atoms with Gasteiger partial charge in [0.05, 0.1) is 22.7 Å². The van der Waals surface area contributed by atoms with E-state index < -0.39 is 0 Å². The fraction of sp³-hybridized carbons (Fsp3) is 0. The summed E-state index contributed by atoms with van der Waals surface area (Å²) in [6.45, 7) is 0. The summed E-state index contributed by atoms with van der Waals surface area (Å²) < 4.78 is 2.36. The second-order valence-corrected chi connectivity index (χ2v) is 10.5. The molecule has 8 rings (SSSR count). The van der Waals surface area contributed by atoms with E-state index in [1.165, 1.54) is 60.0 Å². The van der Waals surface area contributed by atoms with E-state index in [-0.39, 0.29) is 0 Å². The van der Waals surface area contributed by atoms with Gasteiger partial charge in [0.25, 0.3) is 0 Å². The molecule has 190 valence electrons. The molecule has 0 amide bonds. The van der Waals surface area contributed by atoms with Gasteiger partial charge in [-0.05, 0) is 86.3 Å².